The van der Waals surface area contributed by atoms with Crippen LogP contribution in [0.25, 0.3) is 0 Å². The maximum Gasteiger partial charge on any atom is 0.513 e. The van der Waals surface area contributed by atoms with Crippen LogP contribution in [0.3, 0.4) is 0 Å². The van der Waals surface area contributed by atoms with Crippen molar-refractivity contribution in [2.45, 2.75) is 6.92 Å². The molecule has 0 unspecified atom stereocenters. The van der Waals surface area contributed by atoms with E-state index in [0.717, 1.165) is 0 Å². The number of amides is 2. The minimum absolute atomic E-state index is 0.206. The highest BCUT2D eigenvalue weighted by atomic mass is 16.7. The number of benzene rings is 3. The van der Waals surface area contributed by atoms with Crippen molar-refractivity contribution in [3.8, 4) is 11.5 Å². The van der Waals surface area contributed by atoms with Gasteiger partial charge in [0.15, 0.2) is 0 Å². The van der Waals surface area contributed by atoms with Crippen LogP contribution in [0.2, 0.25) is 0 Å². The molecule has 0 bridgehead atoms. The summed E-state index contributed by atoms with van der Waals surface area (Å²) in [5, 5.41) is 5.56. The maximum atomic E-state index is 12.6. The largest absolute Gasteiger partial charge is 0.513 e. The molecule has 0 aromatic heterocycles. The summed E-state index contributed by atoms with van der Waals surface area (Å²) in [5.41, 5.74) is 1.77. The highest BCUT2D eigenvalue weighted by Gasteiger charge is 2.13. The topological polar surface area (TPSA) is 103 Å². The van der Waals surface area contributed by atoms with Gasteiger partial charge in [0.25, 0.3) is 11.8 Å². The highest BCUT2D eigenvalue weighted by Crippen LogP contribution is 2.21. The van der Waals surface area contributed by atoms with E-state index in [1.165, 1.54) is 31.4 Å². The smallest absolute Gasteiger partial charge is 0.496 e. The number of carbonyl (C=O) groups is 3. The van der Waals surface area contributed by atoms with Crippen LogP contribution in [0.15, 0.2) is 72.8 Å². The van der Waals surface area contributed by atoms with Gasteiger partial charge in [-0.05, 0) is 61.5 Å². The van der Waals surface area contributed by atoms with E-state index >= 15 is 0 Å². The molecule has 0 spiro atoms. The molecule has 0 saturated heterocycles. The van der Waals surface area contributed by atoms with Crippen LogP contribution in [0.4, 0.5) is 16.2 Å². The zero-order chi connectivity index (χ0) is 22.9. The minimum atomic E-state index is -0.809. The molecule has 32 heavy (non-hydrogen) atoms. The number of anilines is 2. The van der Waals surface area contributed by atoms with Crippen LogP contribution >= 0.6 is 0 Å². The fraction of sp³-hybridized carbons (Fsp3) is 0.125. The molecule has 3 aromatic rings. The number of ether oxygens (including phenoxy) is 3. The monoisotopic (exact) mass is 434 g/mol. The maximum absolute atomic E-state index is 12.6. The number of methoxy groups -OCH3 is 1. The normalized spacial score (nSPS) is 10.1. The lowest BCUT2D eigenvalue weighted by molar-refractivity contribution is 0.101. The second kappa shape index (κ2) is 10.6. The van der Waals surface area contributed by atoms with Crippen molar-refractivity contribution in [2.75, 3.05) is 24.4 Å². The molecule has 8 heteroatoms. The van der Waals surface area contributed by atoms with Gasteiger partial charge in [-0.15, -0.1) is 0 Å². The standard InChI is InChI=1S/C24H22N2O6/c1-3-31-24(29)32-19-13-11-16(12-14-19)22(27)25-17-7-6-8-18(15-17)26-23(28)20-9-4-5-10-21(20)30-2/h4-15H,3H2,1-2H3,(H,25,27)(H,26,28). The van der Waals surface area contributed by atoms with Gasteiger partial charge in [-0.1, -0.05) is 18.2 Å². The predicted octanol–water partition coefficient (Wildman–Crippen LogP) is 4.74. The van der Waals surface area contributed by atoms with Gasteiger partial charge < -0.3 is 24.8 Å². The minimum Gasteiger partial charge on any atom is -0.496 e. The van der Waals surface area contributed by atoms with Crippen molar-refractivity contribution in [1.29, 1.82) is 0 Å². The SMILES string of the molecule is CCOC(=O)Oc1ccc(C(=O)Nc2cccc(NC(=O)c3ccccc3OC)c2)cc1. The molecule has 0 radical (unpaired) electrons. The van der Waals surface area contributed by atoms with Crippen molar-refractivity contribution in [2.24, 2.45) is 0 Å². The Balaban J connectivity index is 1.64. The van der Waals surface area contributed by atoms with Gasteiger partial charge in [-0.25, -0.2) is 4.79 Å². The molecule has 8 nitrogen and oxygen atoms in total. The molecule has 0 atom stereocenters. The molecule has 2 N–H and O–H groups in total. The second-order valence-corrected chi connectivity index (χ2v) is 6.50. The van der Waals surface area contributed by atoms with Crippen LogP contribution in [0.5, 0.6) is 11.5 Å². The molecule has 2 amide bonds. The van der Waals surface area contributed by atoms with E-state index in [1.54, 1.807) is 55.5 Å². The van der Waals surface area contributed by atoms with Crippen molar-refractivity contribution in [3.63, 3.8) is 0 Å². The molecule has 164 valence electrons. The predicted molar refractivity (Wildman–Crippen MR) is 119 cm³/mol. The van der Waals surface area contributed by atoms with E-state index in [2.05, 4.69) is 10.6 Å². The van der Waals surface area contributed by atoms with Crippen molar-refractivity contribution in [1.82, 2.24) is 0 Å². The Morgan fingerprint density at radius 1 is 0.812 bits per heavy atom. The number of hydrogen-bond donors (Lipinski definition) is 2. The summed E-state index contributed by atoms with van der Waals surface area (Å²) in [4.78, 5) is 36.5. The molecule has 0 aliphatic carbocycles. The average molecular weight is 434 g/mol. The Morgan fingerprint density at radius 3 is 2.12 bits per heavy atom. The van der Waals surface area contributed by atoms with Crippen molar-refractivity contribution < 1.29 is 28.6 Å². The third-order valence-corrected chi connectivity index (χ3v) is 4.31. The van der Waals surface area contributed by atoms with E-state index in [1.807, 2.05) is 0 Å². The Morgan fingerprint density at radius 2 is 1.47 bits per heavy atom. The third kappa shape index (κ3) is 5.85. The van der Waals surface area contributed by atoms with Gasteiger partial charge in [0.05, 0.1) is 19.3 Å². The zero-order valence-corrected chi connectivity index (χ0v) is 17.6. The highest BCUT2D eigenvalue weighted by molar-refractivity contribution is 6.07. The average Bonchev–Trinajstić information content (AvgIpc) is 2.79. The number of nitrogens with one attached hydrogen (secondary N) is 2. The second-order valence-electron chi connectivity index (χ2n) is 6.50. The molecular formula is C24H22N2O6. The molecule has 0 heterocycles. The lowest BCUT2D eigenvalue weighted by atomic mass is 10.1. The van der Waals surface area contributed by atoms with Gasteiger partial charge >= 0.3 is 6.16 Å². The summed E-state index contributed by atoms with van der Waals surface area (Å²) in [7, 11) is 1.50. The number of rotatable bonds is 7. The van der Waals surface area contributed by atoms with E-state index in [4.69, 9.17) is 14.2 Å². The van der Waals surface area contributed by atoms with E-state index in [-0.39, 0.29) is 24.2 Å². The van der Waals surface area contributed by atoms with Crippen LogP contribution < -0.4 is 20.1 Å². The quantitative estimate of drug-likeness (QED) is 0.411. The molecular weight excluding hydrogens is 412 g/mol. The first-order valence-electron chi connectivity index (χ1n) is 9.80. The Labute approximate surface area is 185 Å². The van der Waals surface area contributed by atoms with Crippen LogP contribution in [-0.2, 0) is 4.74 Å². The first-order chi connectivity index (χ1) is 15.5. The number of hydrogen-bond acceptors (Lipinski definition) is 6. The fourth-order valence-electron chi connectivity index (χ4n) is 2.83. The van der Waals surface area contributed by atoms with E-state index < -0.39 is 6.16 Å². The first kappa shape index (κ1) is 22.4. The van der Waals surface area contributed by atoms with Crippen LogP contribution in [0, 0.1) is 0 Å². The van der Waals surface area contributed by atoms with Gasteiger partial charge in [0, 0.05) is 16.9 Å². The molecule has 3 rings (SSSR count). The molecule has 0 fully saturated rings. The van der Waals surface area contributed by atoms with Gasteiger partial charge in [-0.3, -0.25) is 9.59 Å². The molecule has 0 saturated carbocycles. The van der Waals surface area contributed by atoms with Crippen LogP contribution in [0.1, 0.15) is 27.6 Å². The molecule has 3 aromatic carbocycles. The lowest BCUT2D eigenvalue weighted by Crippen LogP contribution is -2.14. The first-order valence-corrected chi connectivity index (χ1v) is 9.80. The summed E-state index contributed by atoms with van der Waals surface area (Å²) in [5.74, 6) is 0.0369. The fourth-order valence-corrected chi connectivity index (χ4v) is 2.83. The summed E-state index contributed by atoms with van der Waals surface area (Å²) in [6, 6.07) is 19.7. The number of carbonyl (C=O) groups excluding carboxylic acids is 3. The zero-order valence-electron chi connectivity index (χ0n) is 17.6. The van der Waals surface area contributed by atoms with Gasteiger partial charge in [0.2, 0.25) is 0 Å². The number of para-hydroxylation sites is 1. The molecule has 0 aliphatic heterocycles. The lowest BCUT2D eigenvalue weighted by Gasteiger charge is -2.11. The summed E-state index contributed by atoms with van der Waals surface area (Å²) < 4.78 is 14.9. The third-order valence-electron chi connectivity index (χ3n) is 4.31. The van der Waals surface area contributed by atoms with Crippen molar-refractivity contribution >= 4 is 29.3 Å². The summed E-state index contributed by atoms with van der Waals surface area (Å²) >= 11 is 0. The van der Waals surface area contributed by atoms with Crippen molar-refractivity contribution in [3.05, 3.63) is 83.9 Å². The Bertz CT molecular complexity index is 1110. The van der Waals surface area contributed by atoms with Gasteiger partial charge in [0.1, 0.15) is 11.5 Å². The summed E-state index contributed by atoms with van der Waals surface area (Å²) in [6.07, 6.45) is -0.809. The van der Waals surface area contributed by atoms with Gasteiger partial charge in [-0.2, -0.15) is 0 Å². The van der Waals surface area contributed by atoms with E-state index in [0.29, 0.717) is 28.3 Å². The molecule has 0 aliphatic rings. The van der Waals surface area contributed by atoms with Crippen LogP contribution in [-0.4, -0.2) is 31.7 Å². The van der Waals surface area contributed by atoms with E-state index in [9.17, 15) is 14.4 Å². The summed E-state index contributed by atoms with van der Waals surface area (Å²) in [6.45, 7) is 1.88. The Hall–Kier alpha value is -4.33. The Kier molecular flexibility index (Phi) is 7.42.